The summed E-state index contributed by atoms with van der Waals surface area (Å²) in [7, 11) is 0. The minimum Gasteiger partial charge on any atom is -0.481 e. The quantitative estimate of drug-likeness (QED) is 0.888. The van der Waals surface area contributed by atoms with Crippen molar-refractivity contribution in [3.8, 4) is 0 Å². The van der Waals surface area contributed by atoms with Crippen molar-refractivity contribution < 1.29 is 14.7 Å². The Morgan fingerprint density at radius 3 is 2.67 bits per heavy atom. The van der Waals surface area contributed by atoms with Gasteiger partial charge in [0.1, 0.15) is 0 Å². The number of nitrogens with one attached hydrogen (secondary N) is 1. The van der Waals surface area contributed by atoms with E-state index >= 15 is 0 Å². The van der Waals surface area contributed by atoms with Gasteiger partial charge in [-0.1, -0.05) is 19.1 Å². The lowest BCUT2D eigenvalue weighted by Crippen LogP contribution is -2.32. The summed E-state index contributed by atoms with van der Waals surface area (Å²) < 4.78 is 0. The van der Waals surface area contributed by atoms with Crippen LogP contribution in [-0.2, 0) is 9.59 Å². The van der Waals surface area contributed by atoms with Gasteiger partial charge >= 0.3 is 5.97 Å². The smallest absolute Gasteiger partial charge is 0.308 e. The van der Waals surface area contributed by atoms with E-state index in [1.807, 2.05) is 43.9 Å². The third kappa shape index (κ3) is 3.61. The lowest BCUT2D eigenvalue weighted by atomic mass is 9.99. The van der Waals surface area contributed by atoms with Gasteiger partial charge in [-0.25, -0.2) is 0 Å². The highest BCUT2D eigenvalue weighted by Crippen LogP contribution is 2.23. The molecule has 5 nitrogen and oxygen atoms in total. The van der Waals surface area contributed by atoms with Crippen molar-refractivity contribution in [1.29, 1.82) is 0 Å². The monoisotopic (exact) mass is 290 g/mol. The van der Waals surface area contributed by atoms with Gasteiger partial charge in [-0.2, -0.15) is 0 Å². The van der Waals surface area contributed by atoms with Crippen molar-refractivity contribution in [3.63, 3.8) is 0 Å². The van der Waals surface area contributed by atoms with Crippen LogP contribution in [-0.4, -0.2) is 41.5 Å². The standard InChI is InChI=1S/C16H22N2O3/c1-10-5-4-6-14(12(10)3)17-15(19)9-18-7-11(2)13(8-18)16(20)21/h4-6,11,13H,7-9H2,1-3H3,(H,17,19)(H,20,21)/t11-,13-/m1/s1. The van der Waals surface area contributed by atoms with Gasteiger partial charge in [-0.05, 0) is 37.0 Å². The number of aryl methyl sites for hydroxylation is 1. The number of benzene rings is 1. The Balaban J connectivity index is 1.94. The average molecular weight is 290 g/mol. The fourth-order valence-electron chi connectivity index (χ4n) is 2.80. The zero-order valence-electron chi connectivity index (χ0n) is 12.7. The molecule has 1 aliphatic heterocycles. The predicted octanol–water partition coefficient (Wildman–Crippen LogP) is 1.89. The molecular weight excluding hydrogens is 268 g/mol. The molecule has 1 aromatic carbocycles. The first kappa shape index (κ1) is 15.5. The highest BCUT2D eigenvalue weighted by Gasteiger charge is 2.35. The largest absolute Gasteiger partial charge is 0.481 e. The number of carbonyl (C=O) groups excluding carboxylic acids is 1. The third-order valence-corrected chi connectivity index (χ3v) is 4.25. The van der Waals surface area contributed by atoms with Gasteiger partial charge in [0, 0.05) is 18.8 Å². The first-order chi connectivity index (χ1) is 9.88. The summed E-state index contributed by atoms with van der Waals surface area (Å²) in [5.74, 6) is -1.17. The number of hydrogen-bond acceptors (Lipinski definition) is 3. The molecule has 2 N–H and O–H groups in total. The molecule has 0 saturated carbocycles. The van der Waals surface area contributed by atoms with E-state index in [0.29, 0.717) is 13.1 Å². The molecular formula is C16H22N2O3. The minimum atomic E-state index is -0.778. The Bertz CT molecular complexity index is 556. The Morgan fingerprint density at radius 2 is 2.05 bits per heavy atom. The summed E-state index contributed by atoms with van der Waals surface area (Å²) in [4.78, 5) is 25.1. The van der Waals surface area contributed by atoms with Crippen LogP contribution in [0.2, 0.25) is 0 Å². The van der Waals surface area contributed by atoms with E-state index < -0.39 is 5.97 Å². The van der Waals surface area contributed by atoms with E-state index in [-0.39, 0.29) is 24.3 Å². The topological polar surface area (TPSA) is 69.6 Å². The van der Waals surface area contributed by atoms with Crippen LogP contribution in [0.15, 0.2) is 18.2 Å². The van der Waals surface area contributed by atoms with Crippen molar-refractivity contribution in [1.82, 2.24) is 4.90 Å². The number of carboxylic acids is 1. The van der Waals surface area contributed by atoms with E-state index in [2.05, 4.69) is 5.32 Å². The van der Waals surface area contributed by atoms with Crippen LogP contribution in [0, 0.1) is 25.7 Å². The summed E-state index contributed by atoms with van der Waals surface area (Å²) in [5.41, 5.74) is 3.01. The fraction of sp³-hybridized carbons (Fsp3) is 0.500. The second-order valence-corrected chi connectivity index (χ2v) is 5.91. The van der Waals surface area contributed by atoms with Crippen molar-refractivity contribution in [2.45, 2.75) is 20.8 Å². The second kappa shape index (κ2) is 6.26. The number of rotatable bonds is 4. The highest BCUT2D eigenvalue weighted by molar-refractivity contribution is 5.93. The number of nitrogens with zero attached hydrogens (tertiary/aromatic N) is 1. The van der Waals surface area contributed by atoms with Crippen LogP contribution in [0.4, 0.5) is 5.69 Å². The number of likely N-dealkylation sites (tertiary alicyclic amines) is 1. The van der Waals surface area contributed by atoms with E-state index in [1.165, 1.54) is 0 Å². The van der Waals surface area contributed by atoms with Gasteiger partial charge in [-0.15, -0.1) is 0 Å². The molecule has 0 aromatic heterocycles. The minimum absolute atomic E-state index is 0.0796. The van der Waals surface area contributed by atoms with E-state index in [9.17, 15) is 9.59 Å². The van der Waals surface area contributed by atoms with Gasteiger partial charge in [0.25, 0.3) is 0 Å². The fourth-order valence-corrected chi connectivity index (χ4v) is 2.80. The Morgan fingerprint density at radius 1 is 1.33 bits per heavy atom. The molecule has 1 amide bonds. The molecule has 0 aliphatic carbocycles. The van der Waals surface area contributed by atoms with Crippen molar-refractivity contribution >= 4 is 17.6 Å². The SMILES string of the molecule is Cc1cccc(NC(=O)CN2C[C@@H](C)[C@H](C(=O)O)C2)c1C. The Labute approximate surface area is 125 Å². The number of carbonyl (C=O) groups is 2. The molecule has 1 aliphatic rings. The molecule has 0 bridgehead atoms. The molecule has 1 fully saturated rings. The lowest BCUT2D eigenvalue weighted by Gasteiger charge is -2.16. The average Bonchev–Trinajstić information content (AvgIpc) is 2.76. The summed E-state index contributed by atoms with van der Waals surface area (Å²) in [6.45, 7) is 7.23. The zero-order valence-corrected chi connectivity index (χ0v) is 12.7. The number of anilines is 1. The highest BCUT2D eigenvalue weighted by atomic mass is 16.4. The lowest BCUT2D eigenvalue weighted by molar-refractivity contribution is -0.142. The summed E-state index contributed by atoms with van der Waals surface area (Å²) in [5, 5.41) is 12.0. The molecule has 5 heteroatoms. The number of amides is 1. The van der Waals surface area contributed by atoms with Gasteiger partial charge < -0.3 is 10.4 Å². The zero-order chi connectivity index (χ0) is 15.6. The van der Waals surface area contributed by atoms with Crippen LogP contribution in [0.25, 0.3) is 0 Å². The maximum atomic E-state index is 12.1. The molecule has 2 atom stereocenters. The third-order valence-electron chi connectivity index (χ3n) is 4.25. The number of aliphatic carboxylic acids is 1. The van der Waals surface area contributed by atoms with Crippen molar-refractivity contribution in [2.24, 2.45) is 11.8 Å². The maximum Gasteiger partial charge on any atom is 0.308 e. The van der Waals surface area contributed by atoms with E-state index in [1.54, 1.807) is 0 Å². The molecule has 2 rings (SSSR count). The molecule has 114 valence electrons. The van der Waals surface area contributed by atoms with Crippen LogP contribution in [0.5, 0.6) is 0 Å². The van der Waals surface area contributed by atoms with E-state index in [0.717, 1.165) is 16.8 Å². The first-order valence-corrected chi connectivity index (χ1v) is 7.19. The predicted molar refractivity (Wildman–Crippen MR) is 81.3 cm³/mol. The van der Waals surface area contributed by atoms with Crippen LogP contribution in [0.1, 0.15) is 18.1 Å². The molecule has 0 spiro atoms. The number of carboxylic acid groups (broad SMARTS) is 1. The van der Waals surface area contributed by atoms with Gasteiger partial charge in [-0.3, -0.25) is 14.5 Å². The summed E-state index contributed by atoms with van der Waals surface area (Å²) >= 11 is 0. The maximum absolute atomic E-state index is 12.1. The molecule has 0 radical (unpaired) electrons. The molecule has 21 heavy (non-hydrogen) atoms. The second-order valence-electron chi connectivity index (χ2n) is 5.91. The summed E-state index contributed by atoms with van der Waals surface area (Å²) in [6, 6.07) is 5.80. The van der Waals surface area contributed by atoms with Crippen LogP contribution < -0.4 is 5.32 Å². The Hall–Kier alpha value is -1.88. The summed E-state index contributed by atoms with van der Waals surface area (Å²) in [6.07, 6.45) is 0. The van der Waals surface area contributed by atoms with E-state index in [4.69, 9.17) is 5.11 Å². The number of hydrogen-bond donors (Lipinski definition) is 2. The molecule has 1 saturated heterocycles. The van der Waals surface area contributed by atoms with Gasteiger partial charge in [0.2, 0.25) is 5.91 Å². The first-order valence-electron chi connectivity index (χ1n) is 7.19. The van der Waals surface area contributed by atoms with Crippen molar-refractivity contribution in [3.05, 3.63) is 29.3 Å². The van der Waals surface area contributed by atoms with Crippen molar-refractivity contribution in [2.75, 3.05) is 25.0 Å². The van der Waals surface area contributed by atoms with Gasteiger partial charge in [0.05, 0.1) is 12.5 Å². The molecule has 1 heterocycles. The van der Waals surface area contributed by atoms with Crippen LogP contribution >= 0.6 is 0 Å². The van der Waals surface area contributed by atoms with Gasteiger partial charge in [0.15, 0.2) is 0 Å². The molecule has 1 aromatic rings. The normalized spacial score (nSPS) is 22.2. The van der Waals surface area contributed by atoms with Crippen LogP contribution in [0.3, 0.4) is 0 Å². The molecule has 0 unspecified atom stereocenters. The Kier molecular flexibility index (Phi) is 4.63.